The molecule has 1 aliphatic rings. The van der Waals surface area contributed by atoms with Gasteiger partial charge in [0.1, 0.15) is 0 Å². The molecule has 1 fully saturated rings. The van der Waals surface area contributed by atoms with Gasteiger partial charge in [-0.05, 0) is 31.7 Å². The van der Waals surface area contributed by atoms with Crippen molar-refractivity contribution in [2.45, 2.75) is 39.2 Å². The average molecular weight is 228 g/mol. The van der Waals surface area contributed by atoms with E-state index in [1.54, 1.807) is 0 Å². The first-order chi connectivity index (χ1) is 7.65. The van der Waals surface area contributed by atoms with Gasteiger partial charge in [0.15, 0.2) is 0 Å². The van der Waals surface area contributed by atoms with E-state index in [-0.39, 0.29) is 17.9 Å². The quantitative estimate of drug-likeness (QED) is 0.710. The minimum Gasteiger partial charge on any atom is -0.376 e. The van der Waals surface area contributed by atoms with E-state index < -0.39 is 0 Å². The number of nitrogens with two attached hydrogens (primary N) is 1. The Morgan fingerprint density at radius 1 is 1.56 bits per heavy atom. The van der Waals surface area contributed by atoms with Gasteiger partial charge in [0.25, 0.3) is 0 Å². The van der Waals surface area contributed by atoms with Gasteiger partial charge >= 0.3 is 0 Å². The Bertz CT molecular complexity index is 213. The first kappa shape index (κ1) is 13.5. The number of nitrogens with one attached hydrogen (secondary N) is 1. The Morgan fingerprint density at radius 2 is 2.31 bits per heavy atom. The van der Waals surface area contributed by atoms with Crippen LogP contribution in [0, 0.1) is 11.8 Å². The fraction of sp³-hybridized carbons (Fsp3) is 0.917. The Hall–Kier alpha value is -0.610. The van der Waals surface area contributed by atoms with Gasteiger partial charge in [-0.3, -0.25) is 4.79 Å². The molecule has 0 aliphatic carbocycles. The van der Waals surface area contributed by atoms with Crippen LogP contribution in [-0.4, -0.2) is 31.7 Å². The molecule has 3 N–H and O–H groups in total. The summed E-state index contributed by atoms with van der Waals surface area (Å²) in [7, 11) is 0. The molecular formula is C12H24N2O2. The molecule has 0 aromatic heterocycles. The van der Waals surface area contributed by atoms with Gasteiger partial charge in [-0.25, -0.2) is 0 Å². The van der Waals surface area contributed by atoms with Crippen LogP contribution in [0.5, 0.6) is 0 Å². The molecule has 0 saturated carbocycles. The van der Waals surface area contributed by atoms with Crippen molar-refractivity contribution in [1.29, 1.82) is 0 Å². The molecule has 16 heavy (non-hydrogen) atoms. The zero-order valence-corrected chi connectivity index (χ0v) is 10.4. The minimum atomic E-state index is 0.0337. The van der Waals surface area contributed by atoms with Gasteiger partial charge < -0.3 is 15.8 Å². The van der Waals surface area contributed by atoms with E-state index in [2.05, 4.69) is 19.2 Å². The summed E-state index contributed by atoms with van der Waals surface area (Å²) in [4.78, 5) is 11.9. The van der Waals surface area contributed by atoms with Crippen LogP contribution < -0.4 is 11.1 Å². The van der Waals surface area contributed by atoms with Crippen molar-refractivity contribution in [2.24, 2.45) is 17.6 Å². The largest absolute Gasteiger partial charge is 0.376 e. The topological polar surface area (TPSA) is 64.4 Å². The summed E-state index contributed by atoms with van der Waals surface area (Å²) >= 11 is 0. The number of hydrogen-bond acceptors (Lipinski definition) is 3. The highest BCUT2D eigenvalue weighted by Crippen LogP contribution is 2.15. The van der Waals surface area contributed by atoms with Crippen LogP contribution in [0.2, 0.25) is 0 Å². The highest BCUT2D eigenvalue weighted by Gasteiger charge is 2.23. The van der Waals surface area contributed by atoms with E-state index in [0.717, 1.165) is 25.9 Å². The molecule has 1 saturated heterocycles. The minimum absolute atomic E-state index is 0.0337. The zero-order chi connectivity index (χ0) is 12.0. The third-order valence-electron chi connectivity index (χ3n) is 3.15. The highest BCUT2D eigenvalue weighted by molar-refractivity contribution is 5.78. The van der Waals surface area contributed by atoms with Crippen LogP contribution in [-0.2, 0) is 9.53 Å². The number of amides is 1. The molecule has 0 spiro atoms. The first-order valence-corrected chi connectivity index (χ1v) is 6.24. The predicted octanol–water partition coefficient (Wildman–Crippen LogP) is 0.903. The fourth-order valence-corrected chi connectivity index (χ4v) is 2.10. The zero-order valence-electron chi connectivity index (χ0n) is 10.4. The summed E-state index contributed by atoms with van der Waals surface area (Å²) in [5.41, 5.74) is 5.52. The molecular weight excluding hydrogens is 204 g/mol. The van der Waals surface area contributed by atoms with E-state index in [4.69, 9.17) is 10.5 Å². The van der Waals surface area contributed by atoms with E-state index in [1.807, 2.05) is 0 Å². The summed E-state index contributed by atoms with van der Waals surface area (Å²) in [5, 5.41) is 2.97. The second-order valence-electron chi connectivity index (χ2n) is 4.81. The monoisotopic (exact) mass is 228 g/mol. The third-order valence-corrected chi connectivity index (χ3v) is 3.15. The Kier molecular flexibility index (Phi) is 5.77. The number of rotatable bonds is 6. The van der Waals surface area contributed by atoms with Crippen molar-refractivity contribution in [3.63, 3.8) is 0 Å². The van der Waals surface area contributed by atoms with Crippen molar-refractivity contribution in [3.8, 4) is 0 Å². The summed E-state index contributed by atoms with van der Waals surface area (Å²) in [6.45, 7) is 6.16. The van der Waals surface area contributed by atoms with Crippen molar-refractivity contribution in [3.05, 3.63) is 0 Å². The van der Waals surface area contributed by atoms with Crippen LogP contribution in [0.1, 0.15) is 33.1 Å². The third kappa shape index (κ3) is 4.10. The van der Waals surface area contributed by atoms with Crippen molar-refractivity contribution in [1.82, 2.24) is 5.32 Å². The van der Waals surface area contributed by atoms with Crippen molar-refractivity contribution in [2.75, 3.05) is 19.7 Å². The molecule has 94 valence electrons. The van der Waals surface area contributed by atoms with Crippen LogP contribution in [0.15, 0.2) is 0 Å². The maximum atomic E-state index is 11.9. The Morgan fingerprint density at radius 3 is 2.81 bits per heavy atom. The standard InChI is InChI=1S/C12H24N2O2/c1-9(2)11(5-6-13)12(15)14-8-10-4-3-7-16-10/h9-11H,3-8,13H2,1-2H3,(H,14,15). The molecule has 1 aliphatic heterocycles. The van der Waals surface area contributed by atoms with Crippen LogP contribution in [0.4, 0.5) is 0 Å². The molecule has 1 heterocycles. The van der Waals surface area contributed by atoms with Crippen LogP contribution in [0.3, 0.4) is 0 Å². The van der Waals surface area contributed by atoms with E-state index in [9.17, 15) is 4.79 Å². The fourth-order valence-electron chi connectivity index (χ4n) is 2.10. The lowest BCUT2D eigenvalue weighted by molar-refractivity contribution is -0.127. The lowest BCUT2D eigenvalue weighted by Gasteiger charge is -2.20. The summed E-state index contributed by atoms with van der Waals surface area (Å²) in [5.74, 6) is 0.496. The second kappa shape index (κ2) is 6.86. The van der Waals surface area contributed by atoms with E-state index in [0.29, 0.717) is 19.0 Å². The molecule has 1 rings (SSSR count). The van der Waals surface area contributed by atoms with Crippen molar-refractivity contribution >= 4 is 5.91 Å². The lowest BCUT2D eigenvalue weighted by Crippen LogP contribution is -2.38. The highest BCUT2D eigenvalue weighted by atomic mass is 16.5. The van der Waals surface area contributed by atoms with Crippen LogP contribution in [0.25, 0.3) is 0 Å². The molecule has 1 amide bonds. The van der Waals surface area contributed by atoms with Gasteiger partial charge in [0, 0.05) is 19.1 Å². The summed E-state index contributed by atoms with van der Waals surface area (Å²) in [6.07, 6.45) is 3.14. The normalized spacial score (nSPS) is 22.4. The molecule has 0 radical (unpaired) electrons. The number of hydrogen-bond donors (Lipinski definition) is 2. The first-order valence-electron chi connectivity index (χ1n) is 6.24. The molecule has 0 bridgehead atoms. The SMILES string of the molecule is CC(C)C(CCN)C(=O)NCC1CCCO1. The van der Waals surface area contributed by atoms with Crippen molar-refractivity contribution < 1.29 is 9.53 Å². The maximum absolute atomic E-state index is 11.9. The number of ether oxygens (including phenoxy) is 1. The molecule has 2 unspecified atom stereocenters. The van der Waals surface area contributed by atoms with Gasteiger partial charge in [0.2, 0.25) is 5.91 Å². The lowest BCUT2D eigenvalue weighted by atomic mass is 9.91. The summed E-state index contributed by atoms with van der Waals surface area (Å²) in [6, 6.07) is 0. The van der Waals surface area contributed by atoms with Gasteiger partial charge in [-0.1, -0.05) is 13.8 Å². The maximum Gasteiger partial charge on any atom is 0.223 e. The van der Waals surface area contributed by atoms with Gasteiger partial charge in [-0.2, -0.15) is 0 Å². The number of carbonyl (C=O) groups is 1. The molecule has 0 aromatic rings. The number of carbonyl (C=O) groups excluding carboxylic acids is 1. The van der Waals surface area contributed by atoms with Gasteiger partial charge in [-0.15, -0.1) is 0 Å². The molecule has 4 heteroatoms. The average Bonchev–Trinajstić information content (AvgIpc) is 2.75. The van der Waals surface area contributed by atoms with E-state index in [1.165, 1.54) is 0 Å². The Labute approximate surface area is 97.9 Å². The smallest absolute Gasteiger partial charge is 0.223 e. The Balaban J connectivity index is 2.30. The molecule has 4 nitrogen and oxygen atoms in total. The van der Waals surface area contributed by atoms with Gasteiger partial charge in [0.05, 0.1) is 6.10 Å². The van der Waals surface area contributed by atoms with E-state index >= 15 is 0 Å². The predicted molar refractivity (Wildman–Crippen MR) is 64.0 cm³/mol. The second-order valence-corrected chi connectivity index (χ2v) is 4.81. The van der Waals surface area contributed by atoms with Crippen LogP contribution >= 0.6 is 0 Å². The molecule has 2 atom stereocenters. The summed E-state index contributed by atoms with van der Waals surface area (Å²) < 4.78 is 5.46. The molecule has 0 aromatic carbocycles.